The molecular formula is C13H19N5S. The zero-order valence-corrected chi connectivity index (χ0v) is 12.0. The van der Waals surface area contributed by atoms with Gasteiger partial charge >= 0.3 is 0 Å². The second-order valence-corrected chi connectivity index (χ2v) is 6.28. The highest BCUT2D eigenvalue weighted by Crippen LogP contribution is 2.14. The van der Waals surface area contributed by atoms with Gasteiger partial charge in [0.2, 0.25) is 0 Å². The first-order valence-corrected chi connectivity index (χ1v) is 7.48. The maximum atomic E-state index is 4.14. The lowest BCUT2D eigenvalue weighted by Gasteiger charge is -2.26. The van der Waals surface area contributed by atoms with Crippen molar-refractivity contribution >= 4 is 11.3 Å². The highest BCUT2D eigenvalue weighted by atomic mass is 32.1. The van der Waals surface area contributed by atoms with Crippen LogP contribution in [0.25, 0.3) is 0 Å². The number of aryl methyl sites for hydroxylation is 1. The van der Waals surface area contributed by atoms with Gasteiger partial charge < -0.3 is 9.88 Å². The van der Waals surface area contributed by atoms with E-state index in [9.17, 15) is 0 Å². The summed E-state index contributed by atoms with van der Waals surface area (Å²) in [5, 5.41) is 11.6. The van der Waals surface area contributed by atoms with Gasteiger partial charge in [-0.2, -0.15) is 0 Å². The topological polar surface area (TPSA) is 46.0 Å². The molecule has 1 aliphatic heterocycles. The molecule has 0 atom stereocenters. The molecule has 0 spiro atoms. The van der Waals surface area contributed by atoms with E-state index in [2.05, 4.69) is 44.0 Å². The van der Waals surface area contributed by atoms with E-state index in [4.69, 9.17) is 0 Å². The number of rotatable bonds is 5. The Morgan fingerprint density at radius 2 is 2.32 bits per heavy atom. The predicted octanol–water partition coefficient (Wildman–Crippen LogP) is 1.25. The van der Waals surface area contributed by atoms with Crippen LogP contribution >= 0.6 is 11.3 Å². The Labute approximate surface area is 117 Å². The summed E-state index contributed by atoms with van der Waals surface area (Å²) in [6.45, 7) is 8.22. The molecule has 2 aromatic rings. The van der Waals surface area contributed by atoms with Crippen molar-refractivity contribution in [1.29, 1.82) is 0 Å². The highest BCUT2D eigenvalue weighted by molar-refractivity contribution is 7.11. The lowest BCUT2D eigenvalue weighted by atomic mass is 10.3. The third-order valence-electron chi connectivity index (χ3n) is 3.42. The minimum atomic E-state index is 0.916. The zero-order chi connectivity index (χ0) is 13.1. The quantitative estimate of drug-likeness (QED) is 0.836. The molecule has 0 saturated carbocycles. The van der Waals surface area contributed by atoms with Crippen LogP contribution in [0.2, 0.25) is 0 Å². The van der Waals surface area contributed by atoms with E-state index in [1.165, 1.54) is 9.75 Å². The molecule has 3 heterocycles. The minimum absolute atomic E-state index is 0.916. The van der Waals surface area contributed by atoms with Gasteiger partial charge in [-0.25, -0.2) is 0 Å². The Bertz CT molecular complexity index is 533. The first-order chi connectivity index (χ1) is 9.31. The fraction of sp³-hybridized carbons (Fsp3) is 0.538. The second-order valence-electron chi connectivity index (χ2n) is 4.91. The number of fused-ring (bicyclic) bond motifs is 1. The third kappa shape index (κ3) is 3.20. The molecule has 0 amide bonds. The Morgan fingerprint density at radius 3 is 3.16 bits per heavy atom. The first kappa shape index (κ1) is 12.8. The zero-order valence-electron chi connectivity index (χ0n) is 11.2. The Balaban J connectivity index is 1.39. The van der Waals surface area contributed by atoms with Crippen LogP contribution in [-0.2, 0) is 19.6 Å². The van der Waals surface area contributed by atoms with Gasteiger partial charge in [0.25, 0.3) is 0 Å². The second kappa shape index (κ2) is 5.81. The van der Waals surface area contributed by atoms with Gasteiger partial charge in [0, 0.05) is 42.5 Å². The SMILES string of the molecule is Cc1ccc(CNCCN2CCn3cnnc3C2)s1. The van der Waals surface area contributed by atoms with Crippen LogP contribution in [-0.4, -0.2) is 39.3 Å². The van der Waals surface area contributed by atoms with Gasteiger partial charge in [-0.3, -0.25) is 4.90 Å². The summed E-state index contributed by atoms with van der Waals surface area (Å²) in [6.07, 6.45) is 1.82. The Morgan fingerprint density at radius 1 is 1.37 bits per heavy atom. The summed E-state index contributed by atoms with van der Waals surface area (Å²) < 4.78 is 2.14. The van der Waals surface area contributed by atoms with E-state index in [-0.39, 0.29) is 0 Å². The molecule has 2 aromatic heterocycles. The van der Waals surface area contributed by atoms with Crippen molar-refractivity contribution in [2.45, 2.75) is 26.6 Å². The molecule has 0 aromatic carbocycles. The Kier molecular flexibility index (Phi) is 3.91. The molecule has 6 heteroatoms. The van der Waals surface area contributed by atoms with Gasteiger partial charge in [-0.05, 0) is 19.1 Å². The first-order valence-electron chi connectivity index (χ1n) is 6.66. The smallest absolute Gasteiger partial charge is 0.147 e. The van der Waals surface area contributed by atoms with Crippen LogP contribution in [0.1, 0.15) is 15.6 Å². The Hall–Kier alpha value is -1.24. The number of hydrogen-bond donors (Lipinski definition) is 1. The van der Waals surface area contributed by atoms with Crippen molar-refractivity contribution in [3.63, 3.8) is 0 Å². The lowest BCUT2D eigenvalue weighted by molar-refractivity contribution is 0.217. The molecule has 102 valence electrons. The monoisotopic (exact) mass is 277 g/mol. The maximum Gasteiger partial charge on any atom is 0.147 e. The summed E-state index contributed by atoms with van der Waals surface area (Å²) in [5.74, 6) is 1.08. The largest absolute Gasteiger partial charge is 0.315 e. The molecule has 1 aliphatic rings. The van der Waals surface area contributed by atoms with E-state index in [0.717, 1.165) is 45.1 Å². The molecule has 0 fully saturated rings. The van der Waals surface area contributed by atoms with E-state index in [0.29, 0.717) is 0 Å². The van der Waals surface area contributed by atoms with Crippen molar-refractivity contribution in [2.75, 3.05) is 19.6 Å². The van der Waals surface area contributed by atoms with Crippen LogP contribution in [0.5, 0.6) is 0 Å². The van der Waals surface area contributed by atoms with Crippen LogP contribution in [0.4, 0.5) is 0 Å². The van der Waals surface area contributed by atoms with Crippen molar-refractivity contribution < 1.29 is 0 Å². The van der Waals surface area contributed by atoms with Crippen LogP contribution in [0, 0.1) is 6.92 Å². The molecular weight excluding hydrogens is 258 g/mol. The summed E-state index contributed by atoms with van der Waals surface area (Å²) in [5.41, 5.74) is 0. The average molecular weight is 277 g/mol. The molecule has 3 rings (SSSR count). The normalized spacial score (nSPS) is 15.6. The van der Waals surface area contributed by atoms with Gasteiger partial charge in [0.05, 0.1) is 6.54 Å². The molecule has 1 N–H and O–H groups in total. The predicted molar refractivity (Wildman–Crippen MR) is 76.1 cm³/mol. The van der Waals surface area contributed by atoms with Crippen LogP contribution < -0.4 is 5.32 Å². The van der Waals surface area contributed by atoms with E-state index in [1.807, 2.05) is 17.7 Å². The van der Waals surface area contributed by atoms with Gasteiger partial charge in [-0.1, -0.05) is 0 Å². The lowest BCUT2D eigenvalue weighted by Crippen LogP contribution is -2.38. The molecule has 19 heavy (non-hydrogen) atoms. The van der Waals surface area contributed by atoms with E-state index < -0.39 is 0 Å². The summed E-state index contributed by atoms with van der Waals surface area (Å²) in [7, 11) is 0. The van der Waals surface area contributed by atoms with Crippen molar-refractivity contribution in [2.24, 2.45) is 0 Å². The number of hydrogen-bond acceptors (Lipinski definition) is 5. The maximum absolute atomic E-state index is 4.14. The van der Waals surface area contributed by atoms with E-state index in [1.54, 1.807) is 0 Å². The summed E-state index contributed by atoms with van der Waals surface area (Å²) in [6, 6.07) is 4.38. The van der Waals surface area contributed by atoms with Crippen molar-refractivity contribution in [3.8, 4) is 0 Å². The molecule has 0 unspecified atom stereocenters. The molecule has 0 bridgehead atoms. The highest BCUT2D eigenvalue weighted by Gasteiger charge is 2.16. The van der Waals surface area contributed by atoms with Crippen molar-refractivity contribution in [1.82, 2.24) is 25.0 Å². The number of aromatic nitrogens is 3. The van der Waals surface area contributed by atoms with Gasteiger partial charge in [0.15, 0.2) is 0 Å². The molecule has 0 saturated heterocycles. The minimum Gasteiger partial charge on any atom is -0.315 e. The number of nitrogens with zero attached hydrogens (tertiary/aromatic N) is 4. The fourth-order valence-corrected chi connectivity index (χ4v) is 3.20. The molecule has 5 nitrogen and oxygen atoms in total. The molecule has 0 aliphatic carbocycles. The number of nitrogens with one attached hydrogen (secondary N) is 1. The van der Waals surface area contributed by atoms with E-state index >= 15 is 0 Å². The number of thiophene rings is 1. The summed E-state index contributed by atoms with van der Waals surface area (Å²) in [4.78, 5) is 5.22. The van der Waals surface area contributed by atoms with Crippen molar-refractivity contribution in [3.05, 3.63) is 34.0 Å². The standard InChI is InChI=1S/C13H19N5S/c1-11-2-3-12(19-11)8-14-4-5-17-6-7-18-10-15-16-13(18)9-17/h2-3,10,14H,4-9H2,1H3. The van der Waals surface area contributed by atoms with Gasteiger partial charge in [-0.15, -0.1) is 21.5 Å². The van der Waals surface area contributed by atoms with Crippen LogP contribution in [0.3, 0.4) is 0 Å². The average Bonchev–Trinajstić information content (AvgIpc) is 3.03. The summed E-state index contributed by atoms with van der Waals surface area (Å²) >= 11 is 1.87. The van der Waals surface area contributed by atoms with Gasteiger partial charge in [0.1, 0.15) is 12.2 Å². The van der Waals surface area contributed by atoms with Crippen LogP contribution in [0.15, 0.2) is 18.5 Å². The third-order valence-corrected chi connectivity index (χ3v) is 4.42. The fourth-order valence-electron chi connectivity index (χ4n) is 2.34. The molecule has 0 radical (unpaired) electrons.